The van der Waals surface area contributed by atoms with Crippen LogP contribution in [-0.2, 0) is 6.42 Å². The molecule has 4 heteroatoms. The van der Waals surface area contributed by atoms with E-state index in [1.807, 2.05) is 60.7 Å². The summed E-state index contributed by atoms with van der Waals surface area (Å²) in [6.07, 6.45) is 0.828. The smallest absolute Gasteiger partial charge is 0.164 e. The first-order valence-electron chi connectivity index (χ1n) is 17.0. The van der Waals surface area contributed by atoms with Crippen LogP contribution in [0.1, 0.15) is 11.1 Å². The molecule has 0 saturated carbocycles. The Morgan fingerprint density at radius 2 is 0.820 bits per heavy atom. The zero-order valence-electron chi connectivity index (χ0n) is 27.2. The Kier molecular flexibility index (Phi) is 6.53. The Hall–Kier alpha value is -6.65. The molecule has 0 N–H and O–H groups in total. The van der Waals surface area contributed by atoms with Crippen molar-refractivity contribution in [2.45, 2.75) is 6.42 Å². The number of hydrogen-bond donors (Lipinski definition) is 0. The van der Waals surface area contributed by atoms with Gasteiger partial charge in [0.05, 0.1) is 11.0 Å². The SMILES string of the molecule is c1ccc(-c2nc(-c3ccccc3)nc(-c3ccc4c(c3)-c3ccccc3-c3cc(-n5c6ccccc6c6ccccc65)ccc3C4)n2)cc1. The maximum Gasteiger partial charge on any atom is 0.164 e. The van der Waals surface area contributed by atoms with Crippen molar-refractivity contribution in [3.63, 3.8) is 0 Å². The number of fused-ring (bicyclic) bond motifs is 8. The Morgan fingerprint density at radius 3 is 1.40 bits per heavy atom. The van der Waals surface area contributed by atoms with Gasteiger partial charge < -0.3 is 4.57 Å². The minimum absolute atomic E-state index is 0.661. The fraction of sp³-hybridized carbons (Fsp3) is 0.0217. The lowest BCUT2D eigenvalue weighted by atomic mass is 9.93. The molecule has 2 aromatic heterocycles. The lowest BCUT2D eigenvalue weighted by molar-refractivity contribution is 1.07. The van der Waals surface area contributed by atoms with Gasteiger partial charge in [-0.1, -0.05) is 140 Å². The van der Waals surface area contributed by atoms with Gasteiger partial charge in [-0.2, -0.15) is 0 Å². The van der Waals surface area contributed by atoms with Crippen LogP contribution in [0.2, 0.25) is 0 Å². The first-order chi connectivity index (χ1) is 24.8. The maximum atomic E-state index is 5.03. The van der Waals surface area contributed by atoms with Gasteiger partial charge in [-0.25, -0.2) is 15.0 Å². The van der Waals surface area contributed by atoms with Gasteiger partial charge in [0.2, 0.25) is 0 Å². The highest BCUT2D eigenvalue weighted by atomic mass is 15.0. The van der Waals surface area contributed by atoms with E-state index in [-0.39, 0.29) is 0 Å². The van der Waals surface area contributed by atoms with E-state index < -0.39 is 0 Å². The van der Waals surface area contributed by atoms with Gasteiger partial charge in [-0.15, -0.1) is 0 Å². The van der Waals surface area contributed by atoms with Gasteiger partial charge in [0.15, 0.2) is 17.5 Å². The minimum atomic E-state index is 0.661. The number of rotatable bonds is 4. The predicted octanol–water partition coefficient (Wildman–Crippen LogP) is 11.2. The highest BCUT2D eigenvalue weighted by molar-refractivity contribution is 6.09. The van der Waals surface area contributed by atoms with Gasteiger partial charge >= 0.3 is 0 Å². The topological polar surface area (TPSA) is 43.6 Å². The average molecular weight is 639 g/mol. The van der Waals surface area contributed by atoms with Crippen LogP contribution >= 0.6 is 0 Å². The van der Waals surface area contributed by atoms with Gasteiger partial charge in [-0.3, -0.25) is 0 Å². The van der Waals surface area contributed by atoms with Gasteiger partial charge in [-0.05, 0) is 70.1 Å². The molecule has 7 aromatic carbocycles. The second-order valence-corrected chi connectivity index (χ2v) is 12.8. The molecule has 4 nitrogen and oxygen atoms in total. The molecule has 1 aliphatic carbocycles. The van der Waals surface area contributed by atoms with Crippen LogP contribution in [0.25, 0.3) is 83.9 Å². The van der Waals surface area contributed by atoms with Crippen LogP contribution in [0.3, 0.4) is 0 Å². The lowest BCUT2D eigenvalue weighted by Crippen LogP contribution is -2.00. The van der Waals surface area contributed by atoms with E-state index in [9.17, 15) is 0 Å². The third-order valence-electron chi connectivity index (χ3n) is 9.89. The van der Waals surface area contributed by atoms with Crippen molar-refractivity contribution in [1.82, 2.24) is 19.5 Å². The summed E-state index contributed by atoms with van der Waals surface area (Å²) in [7, 11) is 0. The van der Waals surface area contributed by atoms with E-state index in [0.717, 1.165) is 28.8 Å². The predicted molar refractivity (Wildman–Crippen MR) is 204 cm³/mol. The van der Waals surface area contributed by atoms with E-state index in [1.165, 1.54) is 55.2 Å². The van der Waals surface area contributed by atoms with Gasteiger partial charge in [0.25, 0.3) is 0 Å². The molecule has 0 unspecified atom stereocenters. The first-order valence-corrected chi connectivity index (χ1v) is 17.0. The lowest BCUT2D eigenvalue weighted by Gasteiger charge is -2.14. The third-order valence-corrected chi connectivity index (χ3v) is 9.89. The van der Waals surface area contributed by atoms with Crippen LogP contribution < -0.4 is 0 Å². The molecule has 1 aliphatic rings. The van der Waals surface area contributed by atoms with Crippen LogP contribution in [0, 0.1) is 0 Å². The standard InChI is InChI=1S/C46H30N4/c1-3-13-30(14-4-1)44-47-45(31-15-5-2-6-16-31)49-46(48-44)34-24-23-32-27-33-25-26-35(29-41(33)37-18-8-7-17-36(37)40(32)28-34)50-42-21-11-9-19-38(42)39-20-10-12-22-43(39)50/h1-26,28-29H,27H2. The summed E-state index contributed by atoms with van der Waals surface area (Å²) in [6.45, 7) is 0. The summed E-state index contributed by atoms with van der Waals surface area (Å²) >= 11 is 0. The summed E-state index contributed by atoms with van der Waals surface area (Å²) in [4.78, 5) is 15.0. The third kappa shape index (κ3) is 4.65. The summed E-state index contributed by atoms with van der Waals surface area (Å²) in [5.41, 5.74) is 14.0. The summed E-state index contributed by atoms with van der Waals surface area (Å²) in [5, 5.41) is 2.53. The van der Waals surface area contributed by atoms with E-state index in [2.05, 4.69) is 114 Å². The van der Waals surface area contributed by atoms with E-state index in [0.29, 0.717) is 17.5 Å². The van der Waals surface area contributed by atoms with E-state index in [4.69, 9.17) is 15.0 Å². The molecule has 0 aliphatic heterocycles. The van der Waals surface area contributed by atoms with Gasteiger partial charge in [0.1, 0.15) is 0 Å². The van der Waals surface area contributed by atoms with Crippen molar-refractivity contribution < 1.29 is 0 Å². The van der Waals surface area contributed by atoms with Crippen molar-refractivity contribution in [2.75, 3.05) is 0 Å². The molecule has 9 aromatic rings. The van der Waals surface area contributed by atoms with Crippen LogP contribution in [0.15, 0.2) is 170 Å². The summed E-state index contributed by atoms with van der Waals surface area (Å²) in [5.74, 6) is 1.98. The molecule has 10 rings (SSSR count). The van der Waals surface area contributed by atoms with Crippen molar-refractivity contribution in [2.24, 2.45) is 0 Å². The molecule has 0 radical (unpaired) electrons. The molecular weight excluding hydrogens is 609 g/mol. The first kappa shape index (κ1) is 28.4. The van der Waals surface area contributed by atoms with E-state index in [1.54, 1.807) is 0 Å². The second-order valence-electron chi connectivity index (χ2n) is 12.8. The molecule has 0 spiro atoms. The Labute approximate surface area is 290 Å². The molecule has 234 valence electrons. The Bertz CT molecular complexity index is 2620. The minimum Gasteiger partial charge on any atom is -0.309 e. The maximum absolute atomic E-state index is 5.03. The number of aromatic nitrogens is 4. The zero-order chi connectivity index (χ0) is 33.0. The van der Waals surface area contributed by atoms with Crippen molar-refractivity contribution >= 4 is 21.8 Å². The number of para-hydroxylation sites is 2. The molecule has 0 amide bonds. The Balaban J connectivity index is 1.13. The normalized spacial score (nSPS) is 11.9. The van der Waals surface area contributed by atoms with Crippen LogP contribution in [0.5, 0.6) is 0 Å². The van der Waals surface area contributed by atoms with Crippen molar-refractivity contribution in [3.8, 4) is 62.1 Å². The van der Waals surface area contributed by atoms with Crippen LogP contribution in [-0.4, -0.2) is 19.5 Å². The van der Waals surface area contributed by atoms with Crippen LogP contribution in [0.4, 0.5) is 0 Å². The van der Waals surface area contributed by atoms with Crippen molar-refractivity contribution in [1.29, 1.82) is 0 Å². The van der Waals surface area contributed by atoms with Crippen molar-refractivity contribution in [3.05, 3.63) is 181 Å². The summed E-state index contributed by atoms with van der Waals surface area (Å²) in [6, 6.07) is 60.1. The number of benzene rings is 7. The highest BCUT2D eigenvalue weighted by Gasteiger charge is 2.22. The molecular formula is C46H30N4. The quantitative estimate of drug-likeness (QED) is 0.193. The molecule has 0 saturated heterocycles. The molecule has 2 heterocycles. The fourth-order valence-corrected chi connectivity index (χ4v) is 7.53. The molecule has 0 bridgehead atoms. The largest absolute Gasteiger partial charge is 0.309 e. The van der Waals surface area contributed by atoms with Gasteiger partial charge in [0, 0.05) is 33.2 Å². The highest BCUT2D eigenvalue weighted by Crippen LogP contribution is 2.43. The molecule has 0 atom stereocenters. The monoisotopic (exact) mass is 638 g/mol. The zero-order valence-corrected chi connectivity index (χ0v) is 27.2. The van der Waals surface area contributed by atoms with E-state index >= 15 is 0 Å². The number of nitrogens with zero attached hydrogens (tertiary/aromatic N) is 4. The molecule has 50 heavy (non-hydrogen) atoms. The molecule has 0 fully saturated rings. The fourth-order valence-electron chi connectivity index (χ4n) is 7.53. The number of hydrogen-bond acceptors (Lipinski definition) is 3. The Morgan fingerprint density at radius 1 is 0.360 bits per heavy atom. The second kappa shape index (κ2) is 11.5. The average Bonchev–Trinajstić information content (AvgIpc) is 3.46. The summed E-state index contributed by atoms with van der Waals surface area (Å²) < 4.78 is 2.40.